The van der Waals surface area contributed by atoms with Crippen molar-refractivity contribution in [3.63, 3.8) is 0 Å². The minimum atomic E-state index is -0.467. The van der Waals surface area contributed by atoms with Crippen molar-refractivity contribution in [3.8, 4) is 0 Å². The highest BCUT2D eigenvalue weighted by Crippen LogP contribution is 2.18. The summed E-state index contributed by atoms with van der Waals surface area (Å²) in [6.07, 6.45) is 0. The highest BCUT2D eigenvalue weighted by atomic mass is 79.9. The highest BCUT2D eigenvalue weighted by Gasteiger charge is 2.24. The Morgan fingerprint density at radius 2 is 1.88 bits per heavy atom. The number of carbonyl (C=O) groups is 1. The number of hydrogen-bond acceptors (Lipinski definition) is 2. The molecule has 0 saturated carbocycles. The van der Waals surface area contributed by atoms with Crippen LogP contribution >= 0.6 is 15.9 Å². The average molecular weight is 391 g/mol. The van der Waals surface area contributed by atoms with Gasteiger partial charge in [0.15, 0.2) is 0 Å². The maximum atomic E-state index is 13.9. The Labute approximate surface area is 150 Å². The van der Waals surface area contributed by atoms with E-state index in [9.17, 15) is 9.18 Å². The van der Waals surface area contributed by atoms with E-state index in [1.54, 1.807) is 17.0 Å². The van der Waals surface area contributed by atoms with Gasteiger partial charge in [-0.1, -0.05) is 45.8 Å². The second kappa shape index (κ2) is 7.45. The minimum absolute atomic E-state index is 0.136. The molecule has 1 heterocycles. The summed E-state index contributed by atoms with van der Waals surface area (Å²) in [6.45, 7) is 5.82. The quantitative estimate of drug-likeness (QED) is 0.794. The Hall–Kier alpha value is -1.72. The van der Waals surface area contributed by atoms with Gasteiger partial charge in [0.05, 0.1) is 5.56 Å². The van der Waals surface area contributed by atoms with Crippen molar-refractivity contribution in [2.45, 2.75) is 13.5 Å². The average Bonchev–Trinajstić information content (AvgIpc) is 2.57. The van der Waals surface area contributed by atoms with Crippen LogP contribution in [0.15, 0.2) is 46.9 Å². The van der Waals surface area contributed by atoms with Gasteiger partial charge in [-0.15, -0.1) is 0 Å². The van der Waals surface area contributed by atoms with Crippen LogP contribution in [-0.4, -0.2) is 41.9 Å². The van der Waals surface area contributed by atoms with E-state index in [4.69, 9.17) is 0 Å². The van der Waals surface area contributed by atoms with Crippen molar-refractivity contribution in [1.29, 1.82) is 0 Å². The fraction of sp³-hybridized carbons (Fsp3) is 0.316. The molecule has 126 valence electrons. The van der Waals surface area contributed by atoms with Gasteiger partial charge in [-0.25, -0.2) is 4.39 Å². The van der Waals surface area contributed by atoms with E-state index in [0.29, 0.717) is 17.6 Å². The molecule has 0 aliphatic carbocycles. The van der Waals surface area contributed by atoms with Crippen molar-refractivity contribution in [1.82, 2.24) is 9.80 Å². The first-order valence-corrected chi connectivity index (χ1v) is 8.84. The van der Waals surface area contributed by atoms with E-state index < -0.39 is 5.82 Å². The predicted molar refractivity (Wildman–Crippen MR) is 96.5 cm³/mol. The fourth-order valence-corrected chi connectivity index (χ4v) is 3.37. The third-order valence-corrected chi connectivity index (χ3v) is 4.80. The number of aryl methyl sites for hydroxylation is 1. The van der Waals surface area contributed by atoms with Gasteiger partial charge in [0, 0.05) is 37.2 Å². The molecule has 0 bridgehead atoms. The molecule has 0 N–H and O–H groups in total. The van der Waals surface area contributed by atoms with E-state index in [2.05, 4.69) is 52.0 Å². The highest BCUT2D eigenvalue weighted by molar-refractivity contribution is 9.10. The molecule has 1 amide bonds. The lowest BCUT2D eigenvalue weighted by molar-refractivity contribution is 0.0624. The van der Waals surface area contributed by atoms with E-state index in [1.807, 2.05) is 0 Å². The predicted octanol–water partition coefficient (Wildman–Crippen LogP) is 3.85. The molecule has 0 aromatic heterocycles. The Morgan fingerprint density at radius 3 is 2.58 bits per heavy atom. The SMILES string of the molecule is Cc1cccc(CN2CCN(C(=O)c3cc(Br)ccc3F)CC2)c1. The second-order valence-corrected chi connectivity index (χ2v) is 7.10. The van der Waals surface area contributed by atoms with Gasteiger partial charge in [0.2, 0.25) is 0 Å². The van der Waals surface area contributed by atoms with Crippen molar-refractivity contribution in [3.05, 3.63) is 69.4 Å². The van der Waals surface area contributed by atoms with Gasteiger partial charge < -0.3 is 4.90 Å². The molecule has 1 saturated heterocycles. The topological polar surface area (TPSA) is 23.6 Å². The van der Waals surface area contributed by atoms with Crippen LogP contribution in [0.3, 0.4) is 0 Å². The summed E-state index contributed by atoms with van der Waals surface area (Å²) >= 11 is 3.30. The molecule has 2 aromatic carbocycles. The van der Waals surface area contributed by atoms with Gasteiger partial charge in [-0.3, -0.25) is 9.69 Å². The zero-order valence-electron chi connectivity index (χ0n) is 13.6. The monoisotopic (exact) mass is 390 g/mol. The summed E-state index contributed by atoms with van der Waals surface area (Å²) in [5, 5.41) is 0. The summed E-state index contributed by atoms with van der Waals surface area (Å²) in [6, 6.07) is 13.0. The Bertz CT molecular complexity index is 742. The number of nitrogens with zero attached hydrogens (tertiary/aromatic N) is 2. The number of piperazine rings is 1. The zero-order valence-corrected chi connectivity index (χ0v) is 15.2. The van der Waals surface area contributed by atoms with Crippen LogP contribution in [0.4, 0.5) is 4.39 Å². The van der Waals surface area contributed by atoms with Crippen LogP contribution in [0, 0.1) is 12.7 Å². The number of carbonyl (C=O) groups excluding carboxylic acids is 1. The largest absolute Gasteiger partial charge is 0.336 e. The Morgan fingerprint density at radius 1 is 1.12 bits per heavy atom. The van der Waals surface area contributed by atoms with Crippen molar-refractivity contribution < 1.29 is 9.18 Å². The maximum Gasteiger partial charge on any atom is 0.256 e. The molecule has 1 aliphatic heterocycles. The van der Waals surface area contributed by atoms with E-state index in [0.717, 1.165) is 19.6 Å². The minimum Gasteiger partial charge on any atom is -0.336 e. The lowest BCUT2D eigenvalue weighted by atomic mass is 10.1. The van der Waals surface area contributed by atoms with Gasteiger partial charge in [0.25, 0.3) is 5.91 Å². The summed E-state index contributed by atoms with van der Waals surface area (Å²) in [7, 11) is 0. The first-order valence-electron chi connectivity index (χ1n) is 8.05. The molecular formula is C19H20BrFN2O. The molecule has 3 nitrogen and oxygen atoms in total. The fourth-order valence-electron chi connectivity index (χ4n) is 3.01. The smallest absolute Gasteiger partial charge is 0.256 e. The third-order valence-electron chi connectivity index (χ3n) is 4.31. The van der Waals surface area contributed by atoms with Crippen LogP contribution in [0.25, 0.3) is 0 Å². The Kier molecular flexibility index (Phi) is 5.31. The first-order chi connectivity index (χ1) is 11.5. The number of hydrogen-bond donors (Lipinski definition) is 0. The van der Waals surface area contributed by atoms with E-state index in [-0.39, 0.29) is 11.5 Å². The molecular weight excluding hydrogens is 371 g/mol. The van der Waals surface area contributed by atoms with Crippen LogP contribution < -0.4 is 0 Å². The molecule has 0 atom stereocenters. The Balaban J connectivity index is 1.60. The molecule has 3 rings (SSSR count). The third kappa shape index (κ3) is 4.02. The first kappa shape index (κ1) is 17.1. The molecule has 0 spiro atoms. The summed E-state index contributed by atoms with van der Waals surface area (Å²) in [5.41, 5.74) is 2.68. The van der Waals surface area contributed by atoms with Crippen molar-refractivity contribution >= 4 is 21.8 Å². The standard InChI is InChI=1S/C19H20BrFN2O/c1-14-3-2-4-15(11-14)13-22-7-9-23(10-8-22)19(24)17-12-16(20)5-6-18(17)21/h2-6,11-12H,7-10,13H2,1H3. The molecule has 5 heteroatoms. The van der Waals surface area contributed by atoms with Crippen molar-refractivity contribution in [2.24, 2.45) is 0 Å². The van der Waals surface area contributed by atoms with E-state index in [1.165, 1.54) is 17.2 Å². The van der Waals surface area contributed by atoms with Gasteiger partial charge in [0.1, 0.15) is 5.82 Å². The number of amides is 1. The summed E-state index contributed by atoms with van der Waals surface area (Å²) in [5.74, 6) is -0.700. The van der Waals surface area contributed by atoms with Crippen LogP contribution in [0.2, 0.25) is 0 Å². The second-order valence-electron chi connectivity index (χ2n) is 6.18. The summed E-state index contributed by atoms with van der Waals surface area (Å²) < 4.78 is 14.6. The zero-order chi connectivity index (χ0) is 17.1. The van der Waals surface area contributed by atoms with Gasteiger partial charge in [-0.2, -0.15) is 0 Å². The number of benzene rings is 2. The molecule has 1 aliphatic rings. The van der Waals surface area contributed by atoms with Crippen LogP contribution in [-0.2, 0) is 6.54 Å². The summed E-state index contributed by atoms with van der Waals surface area (Å²) in [4.78, 5) is 16.6. The molecule has 1 fully saturated rings. The normalized spacial score (nSPS) is 15.5. The van der Waals surface area contributed by atoms with Crippen molar-refractivity contribution in [2.75, 3.05) is 26.2 Å². The molecule has 0 unspecified atom stereocenters. The molecule has 0 radical (unpaired) electrons. The maximum absolute atomic E-state index is 13.9. The van der Waals surface area contributed by atoms with E-state index >= 15 is 0 Å². The van der Waals surface area contributed by atoms with Crippen LogP contribution in [0.1, 0.15) is 21.5 Å². The molecule has 24 heavy (non-hydrogen) atoms. The lowest BCUT2D eigenvalue weighted by Gasteiger charge is -2.35. The number of halogens is 2. The van der Waals surface area contributed by atoms with Crippen LogP contribution in [0.5, 0.6) is 0 Å². The van der Waals surface area contributed by atoms with Gasteiger partial charge in [-0.05, 0) is 30.7 Å². The molecule has 2 aromatic rings. The lowest BCUT2D eigenvalue weighted by Crippen LogP contribution is -2.48. The number of rotatable bonds is 3. The van der Waals surface area contributed by atoms with Gasteiger partial charge >= 0.3 is 0 Å².